The summed E-state index contributed by atoms with van der Waals surface area (Å²) >= 11 is 13.5. The molecule has 12 N–H and O–H groups in total. The molecule has 19 rings (SSSR count). The Bertz CT molecular complexity index is 6610. The van der Waals surface area contributed by atoms with Gasteiger partial charge in [0, 0.05) is 80.3 Å². The molecule has 636 valence electrons. The van der Waals surface area contributed by atoms with Gasteiger partial charge in [0.1, 0.15) is 45.7 Å². The van der Waals surface area contributed by atoms with Crippen molar-refractivity contribution in [3.63, 3.8) is 0 Å². The fraction of sp³-hybridized carbons (Fsp3) is 0.146. The number of fused-ring (bicyclic) bond motifs is 6. The molecule has 0 spiro atoms. The molecule has 0 saturated heterocycles. The van der Waals surface area contributed by atoms with Crippen molar-refractivity contribution in [3.8, 4) is 5.75 Å². The molecule has 1 aliphatic carbocycles. The summed E-state index contributed by atoms with van der Waals surface area (Å²) in [5, 5.41) is 27.5. The number of methoxy groups -OCH3 is 1. The third-order valence-corrected chi connectivity index (χ3v) is 22.9. The van der Waals surface area contributed by atoms with Crippen molar-refractivity contribution in [2.75, 3.05) is 7.11 Å². The Morgan fingerprint density at radius 3 is 1.13 bits per heavy atom. The minimum atomic E-state index is -0.306. The average molecular weight is 1730 g/mol. The van der Waals surface area contributed by atoms with Gasteiger partial charge in [-0.15, -0.1) is 11.3 Å². The molecule has 5 atom stereocenters. The van der Waals surface area contributed by atoms with Crippen LogP contribution in [-0.4, -0.2) is 72.5 Å². The number of aromatic amines is 6. The number of benzene rings is 11. The number of amides is 6. The van der Waals surface area contributed by atoms with Gasteiger partial charge in [0.15, 0.2) is 0 Å². The van der Waals surface area contributed by atoms with Crippen molar-refractivity contribution in [1.29, 1.82) is 0 Å². The number of H-pyrrole nitrogens is 6. The number of carbonyl (C=O) groups is 6. The van der Waals surface area contributed by atoms with Gasteiger partial charge in [-0.2, -0.15) is 0 Å². The number of ether oxygens (including phenoxy) is 1. The molecule has 1 aliphatic rings. The summed E-state index contributed by atoms with van der Waals surface area (Å²) in [5.41, 5.74) is 15.3. The van der Waals surface area contributed by atoms with Crippen LogP contribution in [0.3, 0.4) is 0 Å². The van der Waals surface area contributed by atoms with Crippen LogP contribution in [0.4, 0.5) is 4.39 Å². The molecule has 1 saturated carbocycles. The zero-order valence-corrected chi connectivity index (χ0v) is 72.4. The fourth-order valence-corrected chi connectivity index (χ4v) is 15.4. The topological polar surface area (TPSA) is 279 Å². The van der Waals surface area contributed by atoms with Gasteiger partial charge in [-0.3, -0.25) is 28.8 Å². The standard InChI is InChI=1S/C20H20N2O2.C18H17FN2O.2C17H15ClN2O.C17H16N2O.C14H12N2OS/c1-24-16-10-8-14(9-11-16)19(13-6-7-13)22-20(23)18-12-15-4-2-3-5-17(15)21-18;1-11-6-7-16-14(8-11)10-17(21-16)18(22)20-12(2)13-4-3-5-15(19)9-13;1-11(12-6-4-7-14(18)9-12)19-17(21)16-10-13-5-2-3-8-15(13)20-16;1-11(12-6-8-14(18)9-7-12)19-17(21)16-10-13-4-2-3-5-15(13)20-16;1-12(13-7-3-2-4-8-13)18-17(20)16-11-14-9-5-6-10-15(14)19-16;17-14(15-9-11-5-3-7-18-11)13-8-10-4-1-2-6-12(10)16-13/h2-5,8-13,19,21H,6-7H2,1H3,(H,22,23);3-10,12,21H,1-2H3,(H,20,22);2*2-11,20H,1H3,(H,19,21);2-12,19H,1H3,(H,18,20);1-8,16H,9H2,(H,15,17). The second-order valence-electron chi connectivity index (χ2n) is 30.8. The first-order chi connectivity index (χ1) is 61.1. The zero-order chi connectivity index (χ0) is 88.2. The molecular weight excluding hydrogens is 1640 g/mol. The minimum absolute atomic E-state index is 0.0184. The molecule has 23 heteroatoms. The van der Waals surface area contributed by atoms with Crippen LogP contribution in [0.2, 0.25) is 10.0 Å². The SMILES string of the molecule is CC(NC(=O)c1cc2ccccc2[nH]1)c1ccc(Cl)cc1.CC(NC(=O)c1cc2ccccc2[nH]1)c1cccc(Cl)c1.CC(NC(=O)c1cc2ccccc2[nH]1)c1ccccc1.COc1ccc(C(NC(=O)c2cc3ccccc3[nH]2)C2CC2)cc1.Cc1ccc2[nH]c(C(=O)NC(C)c3cccc(F)c3)cc2c1.O=C(NCc1cccs1)c1cc2ccccc2[nH]1. The van der Waals surface area contributed by atoms with Crippen LogP contribution in [0.1, 0.15) is 172 Å². The van der Waals surface area contributed by atoms with E-state index in [1.54, 1.807) is 30.6 Å². The van der Waals surface area contributed by atoms with Crippen molar-refractivity contribution < 1.29 is 37.9 Å². The van der Waals surface area contributed by atoms with E-state index in [1.165, 1.54) is 12.1 Å². The van der Waals surface area contributed by atoms with Crippen molar-refractivity contribution in [2.45, 2.75) is 84.2 Å². The summed E-state index contributed by atoms with van der Waals surface area (Å²) in [5.74, 6) is 0.385. The van der Waals surface area contributed by atoms with Crippen LogP contribution in [0.5, 0.6) is 5.75 Å². The molecule has 18 aromatic rings. The van der Waals surface area contributed by atoms with Crippen molar-refractivity contribution in [3.05, 3.63) is 409 Å². The molecule has 0 bridgehead atoms. The predicted octanol–water partition coefficient (Wildman–Crippen LogP) is 23.6. The summed E-state index contributed by atoms with van der Waals surface area (Å²) in [6, 6.07) is 99.2. The maximum Gasteiger partial charge on any atom is 0.268 e. The van der Waals surface area contributed by atoms with Crippen LogP contribution in [0.15, 0.2) is 321 Å². The number of para-hydroxylation sites is 5. The van der Waals surface area contributed by atoms with Crippen LogP contribution in [-0.2, 0) is 6.54 Å². The number of halogens is 3. The number of aromatic nitrogens is 6. The lowest BCUT2D eigenvalue weighted by atomic mass is 10.0. The van der Waals surface area contributed by atoms with Gasteiger partial charge >= 0.3 is 0 Å². The number of hydrogen-bond acceptors (Lipinski definition) is 8. The minimum Gasteiger partial charge on any atom is -0.497 e. The first kappa shape index (κ1) is 87.8. The largest absolute Gasteiger partial charge is 0.497 e. The number of nitrogens with one attached hydrogen (secondary N) is 12. The first-order valence-corrected chi connectivity index (χ1v) is 43.0. The van der Waals surface area contributed by atoms with Gasteiger partial charge < -0.3 is 66.5 Å². The molecule has 0 aliphatic heterocycles. The summed E-state index contributed by atoms with van der Waals surface area (Å²) in [6.45, 7) is 10.3. The van der Waals surface area contributed by atoms with E-state index in [1.807, 2.05) is 331 Å². The number of aryl methyl sites for hydroxylation is 1. The molecule has 126 heavy (non-hydrogen) atoms. The average Bonchev–Trinajstić information content (AvgIpc) is 1.64. The van der Waals surface area contributed by atoms with E-state index < -0.39 is 0 Å². The lowest BCUT2D eigenvalue weighted by Crippen LogP contribution is -2.30. The van der Waals surface area contributed by atoms with Crippen molar-refractivity contribution in [1.82, 2.24) is 61.8 Å². The first-order valence-electron chi connectivity index (χ1n) is 41.4. The van der Waals surface area contributed by atoms with Gasteiger partial charge in [-0.1, -0.05) is 211 Å². The van der Waals surface area contributed by atoms with Gasteiger partial charge in [-0.05, 0) is 220 Å². The van der Waals surface area contributed by atoms with E-state index in [4.69, 9.17) is 27.9 Å². The Hall–Kier alpha value is -14.5. The van der Waals surface area contributed by atoms with Gasteiger partial charge in [0.25, 0.3) is 35.4 Å². The summed E-state index contributed by atoms with van der Waals surface area (Å²) in [6.07, 6.45) is 2.31. The van der Waals surface area contributed by atoms with E-state index in [9.17, 15) is 33.2 Å². The maximum absolute atomic E-state index is 13.2. The monoisotopic (exact) mass is 1730 g/mol. The summed E-state index contributed by atoms with van der Waals surface area (Å²) in [7, 11) is 1.66. The third-order valence-electron chi connectivity index (χ3n) is 21.5. The number of carbonyl (C=O) groups excluding carboxylic acids is 6. The van der Waals surface area contributed by atoms with Gasteiger partial charge in [0.2, 0.25) is 0 Å². The lowest BCUT2D eigenvalue weighted by molar-refractivity contribution is 0.0920. The fourth-order valence-electron chi connectivity index (χ4n) is 14.4. The lowest BCUT2D eigenvalue weighted by Gasteiger charge is -2.18. The third kappa shape index (κ3) is 23.4. The number of thiophene rings is 1. The highest BCUT2D eigenvalue weighted by molar-refractivity contribution is 7.09. The molecule has 7 heterocycles. The van der Waals surface area contributed by atoms with Gasteiger partial charge in [0.05, 0.1) is 43.9 Å². The van der Waals surface area contributed by atoms with E-state index in [2.05, 4.69) is 61.8 Å². The normalized spacial score (nSPS) is 12.6. The molecule has 6 amide bonds. The highest BCUT2D eigenvalue weighted by Crippen LogP contribution is 2.42. The highest BCUT2D eigenvalue weighted by atomic mass is 35.5. The molecule has 11 aromatic carbocycles. The Labute approximate surface area is 742 Å². The molecule has 1 fully saturated rings. The molecule has 7 aromatic heterocycles. The maximum atomic E-state index is 13.2. The van der Waals surface area contributed by atoms with Crippen LogP contribution in [0, 0.1) is 18.7 Å². The summed E-state index contributed by atoms with van der Waals surface area (Å²) in [4.78, 5) is 93.8. The second-order valence-corrected chi connectivity index (χ2v) is 32.7. The molecule has 5 unspecified atom stereocenters. The second kappa shape index (κ2) is 41.6. The highest BCUT2D eigenvalue weighted by Gasteiger charge is 2.34. The van der Waals surface area contributed by atoms with E-state index in [-0.39, 0.29) is 71.5 Å². The molecular formula is C103H95Cl2FN12O7S. The Kier molecular flexibility index (Phi) is 29.0. The number of hydrogen-bond donors (Lipinski definition) is 12. The van der Waals surface area contributed by atoms with E-state index in [0.717, 1.165) is 122 Å². The quantitative estimate of drug-likeness (QED) is 0.0350. The van der Waals surface area contributed by atoms with Crippen LogP contribution in [0.25, 0.3) is 65.4 Å². The van der Waals surface area contributed by atoms with E-state index >= 15 is 0 Å². The molecule has 19 nitrogen and oxygen atoms in total. The smallest absolute Gasteiger partial charge is 0.268 e. The van der Waals surface area contributed by atoms with E-state index in [0.29, 0.717) is 56.7 Å². The van der Waals surface area contributed by atoms with Gasteiger partial charge in [-0.25, -0.2) is 4.39 Å². The van der Waals surface area contributed by atoms with Crippen molar-refractivity contribution in [2.24, 2.45) is 5.92 Å². The Morgan fingerprint density at radius 2 is 0.722 bits per heavy atom. The van der Waals surface area contributed by atoms with Crippen LogP contribution < -0.4 is 36.6 Å². The predicted molar refractivity (Wildman–Crippen MR) is 505 cm³/mol. The molecule has 0 radical (unpaired) electrons. The Morgan fingerprint density at radius 1 is 0.357 bits per heavy atom. The summed E-state index contributed by atoms with van der Waals surface area (Å²) < 4.78 is 18.5. The zero-order valence-electron chi connectivity index (χ0n) is 70.1. The van der Waals surface area contributed by atoms with Crippen LogP contribution >= 0.6 is 34.5 Å². The number of rotatable bonds is 20. The van der Waals surface area contributed by atoms with Crippen molar-refractivity contribution >= 4 is 135 Å². The Balaban J connectivity index is 0.000000123.